The Kier molecular flexibility index (Phi) is 5.00. The Hall–Kier alpha value is -2.54. The largest absolute Gasteiger partial charge is 0.504 e. The Morgan fingerprint density at radius 1 is 1.32 bits per heavy atom. The van der Waals surface area contributed by atoms with E-state index in [1.54, 1.807) is 24.3 Å². The fourth-order valence-corrected chi connectivity index (χ4v) is 2.17. The van der Waals surface area contributed by atoms with Crippen molar-refractivity contribution in [1.82, 2.24) is 0 Å². The molecule has 0 atom stereocenters. The number of nitrogens with zero attached hydrogens (tertiary/aromatic N) is 1. The van der Waals surface area contributed by atoms with Crippen LogP contribution in [0.5, 0.6) is 11.5 Å². The van der Waals surface area contributed by atoms with Crippen LogP contribution in [0.15, 0.2) is 46.0 Å². The smallest absolute Gasteiger partial charge is 0.335 e. The predicted molar refractivity (Wildman–Crippen MR) is 87.0 cm³/mol. The third kappa shape index (κ3) is 3.76. The number of methoxy groups -OCH3 is 1. The highest BCUT2D eigenvalue weighted by Crippen LogP contribution is 2.32. The van der Waals surface area contributed by atoms with Gasteiger partial charge in [0.15, 0.2) is 11.5 Å². The van der Waals surface area contributed by atoms with E-state index in [0.717, 1.165) is 4.47 Å². The second-order valence-electron chi connectivity index (χ2n) is 4.30. The number of benzene rings is 2. The van der Waals surface area contributed by atoms with Gasteiger partial charge in [-0.15, -0.1) is 0 Å². The molecule has 0 radical (unpaired) electrons. The van der Waals surface area contributed by atoms with Gasteiger partial charge in [-0.25, -0.2) is 4.79 Å². The number of aromatic carboxylic acids is 1. The van der Waals surface area contributed by atoms with Crippen LogP contribution >= 0.6 is 15.9 Å². The summed E-state index contributed by atoms with van der Waals surface area (Å²) in [6.45, 7) is 0. The molecule has 0 amide bonds. The lowest BCUT2D eigenvalue weighted by Crippen LogP contribution is -1.97. The van der Waals surface area contributed by atoms with Crippen molar-refractivity contribution in [2.24, 2.45) is 5.10 Å². The normalized spacial score (nSPS) is 10.6. The standard InChI is InChI=1S/C15H13BrN2O4/c1-22-13-7-11(16)6-10(14(13)19)8-17-18-12-4-2-9(3-5-12)15(20)21/h2-8,18-19H,1H3,(H,20,21)/b17-8+. The summed E-state index contributed by atoms with van der Waals surface area (Å²) in [5, 5.41) is 22.8. The summed E-state index contributed by atoms with van der Waals surface area (Å²) >= 11 is 3.32. The highest BCUT2D eigenvalue weighted by Gasteiger charge is 2.08. The minimum absolute atomic E-state index is 0.0162. The molecule has 0 aliphatic rings. The Morgan fingerprint density at radius 2 is 2.00 bits per heavy atom. The van der Waals surface area contributed by atoms with Gasteiger partial charge in [0.25, 0.3) is 0 Å². The van der Waals surface area contributed by atoms with E-state index < -0.39 is 5.97 Å². The van der Waals surface area contributed by atoms with Gasteiger partial charge in [0.1, 0.15) is 0 Å². The number of hydrogen-bond donors (Lipinski definition) is 3. The van der Waals surface area contributed by atoms with Gasteiger partial charge in [0.05, 0.1) is 24.6 Å². The number of phenols is 1. The SMILES string of the molecule is COc1cc(Br)cc(/C=N/Nc2ccc(C(=O)O)cc2)c1O. The van der Waals surface area contributed by atoms with Crippen LogP contribution in [0.2, 0.25) is 0 Å². The summed E-state index contributed by atoms with van der Waals surface area (Å²) in [4.78, 5) is 10.7. The fourth-order valence-electron chi connectivity index (χ4n) is 1.71. The van der Waals surface area contributed by atoms with Crippen molar-refractivity contribution < 1.29 is 19.7 Å². The first-order chi connectivity index (χ1) is 10.5. The minimum atomic E-state index is -0.985. The van der Waals surface area contributed by atoms with Crippen molar-refractivity contribution in [2.75, 3.05) is 12.5 Å². The maximum absolute atomic E-state index is 10.7. The molecule has 0 saturated heterocycles. The van der Waals surface area contributed by atoms with E-state index in [4.69, 9.17) is 9.84 Å². The molecular weight excluding hydrogens is 352 g/mol. The number of anilines is 1. The molecule has 22 heavy (non-hydrogen) atoms. The molecule has 2 aromatic rings. The Balaban J connectivity index is 2.12. The van der Waals surface area contributed by atoms with Crippen LogP contribution in [0.3, 0.4) is 0 Å². The van der Waals surface area contributed by atoms with Crippen molar-refractivity contribution in [3.63, 3.8) is 0 Å². The molecule has 0 bridgehead atoms. The lowest BCUT2D eigenvalue weighted by atomic mass is 10.2. The quantitative estimate of drug-likeness (QED) is 0.559. The van der Waals surface area contributed by atoms with Crippen molar-refractivity contribution in [3.05, 3.63) is 52.0 Å². The summed E-state index contributed by atoms with van der Waals surface area (Å²) in [5.41, 5.74) is 4.05. The molecule has 0 aliphatic carbocycles. The molecular formula is C15H13BrN2O4. The molecule has 7 heteroatoms. The van der Waals surface area contributed by atoms with Crippen LogP contribution in [-0.4, -0.2) is 29.5 Å². The molecule has 114 valence electrons. The number of nitrogens with one attached hydrogen (secondary N) is 1. The second kappa shape index (κ2) is 6.95. The maximum atomic E-state index is 10.7. The number of carbonyl (C=O) groups is 1. The number of phenolic OH excluding ortho intramolecular Hbond substituents is 1. The van der Waals surface area contributed by atoms with Gasteiger partial charge in [-0.1, -0.05) is 15.9 Å². The summed E-state index contributed by atoms with van der Waals surface area (Å²) in [7, 11) is 1.46. The summed E-state index contributed by atoms with van der Waals surface area (Å²) < 4.78 is 5.79. The summed E-state index contributed by atoms with van der Waals surface area (Å²) in [6.07, 6.45) is 1.44. The Labute approximate surface area is 135 Å². The number of hydrogen-bond acceptors (Lipinski definition) is 5. The first-order valence-electron chi connectivity index (χ1n) is 6.20. The van der Waals surface area contributed by atoms with Gasteiger partial charge in [-0.2, -0.15) is 5.10 Å². The number of hydrazone groups is 1. The van der Waals surface area contributed by atoms with Gasteiger partial charge >= 0.3 is 5.97 Å². The van der Waals surface area contributed by atoms with Crippen molar-refractivity contribution in [2.45, 2.75) is 0 Å². The molecule has 0 aromatic heterocycles. The van der Waals surface area contributed by atoms with Crippen LogP contribution in [0.25, 0.3) is 0 Å². The first kappa shape index (κ1) is 15.8. The van der Waals surface area contributed by atoms with Crippen LogP contribution < -0.4 is 10.2 Å². The third-order valence-electron chi connectivity index (χ3n) is 2.82. The predicted octanol–water partition coefficient (Wildman–Crippen LogP) is 3.31. The molecule has 0 aliphatic heterocycles. The zero-order chi connectivity index (χ0) is 16.1. The van der Waals surface area contributed by atoms with E-state index in [0.29, 0.717) is 17.0 Å². The molecule has 0 heterocycles. The van der Waals surface area contributed by atoms with E-state index in [-0.39, 0.29) is 11.3 Å². The average molecular weight is 365 g/mol. The van der Waals surface area contributed by atoms with Gasteiger partial charge in [-0.3, -0.25) is 5.43 Å². The van der Waals surface area contributed by atoms with Crippen LogP contribution in [0.1, 0.15) is 15.9 Å². The Bertz CT molecular complexity index is 714. The number of rotatable bonds is 5. The molecule has 0 saturated carbocycles. The number of carboxylic acids is 1. The number of carboxylic acid groups (broad SMARTS) is 1. The summed E-state index contributed by atoms with van der Waals surface area (Å²) in [5.74, 6) is -0.666. The highest BCUT2D eigenvalue weighted by atomic mass is 79.9. The molecule has 6 nitrogen and oxygen atoms in total. The maximum Gasteiger partial charge on any atom is 0.335 e. The lowest BCUT2D eigenvalue weighted by Gasteiger charge is -2.07. The van der Waals surface area contributed by atoms with E-state index in [1.807, 2.05) is 0 Å². The van der Waals surface area contributed by atoms with E-state index in [1.165, 1.54) is 25.5 Å². The minimum Gasteiger partial charge on any atom is -0.504 e. The Morgan fingerprint density at radius 3 is 2.59 bits per heavy atom. The zero-order valence-corrected chi connectivity index (χ0v) is 13.2. The van der Waals surface area contributed by atoms with Crippen molar-refractivity contribution in [1.29, 1.82) is 0 Å². The van der Waals surface area contributed by atoms with Crippen LogP contribution in [0.4, 0.5) is 5.69 Å². The molecule has 3 N–H and O–H groups in total. The van der Waals surface area contributed by atoms with Gasteiger partial charge in [0, 0.05) is 10.0 Å². The number of halogens is 1. The average Bonchev–Trinajstić information content (AvgIpc) is 2.50. The van der Waals surface area contributed by atoms with Gasteiger partial charge in [0.2, 0.25) is 0 Å². The van der Waals surface area contributed by atoms with Crippen molar-refractivity contribution in [3.8, 4) is 11.5 Å². The van der Waals surface area contributed by atoms with Gasteiger partial charge < -0.3 is 14.9 Å². The molecule has 0 fully saturated rings. The number of aromatic hydroxyl groups is 1. The van der Waals surface area contributed by atoms with Crippen LogP contribution in [0, 0.1) is 0 Å². The lowest BCUT2D eigenvalue weighted by molar-refractivity contribution is 0.0697. The monoisotopic (exact) mass is 364 g/mol. The molecule has 0 unspecified atom stereocenters. The molecule has 2 rings (SSSR count). The number of ether oxygens (including phenoxy) is 1. The zero-order valence-electron chi connectivity index (χ0n) is 11.6. The van der Waals surface area contributed by atoms with Crippen molar-refractivity contribution >= 4 is 33.8 Å². The topological polar surface area (TPSA) is 91.2 Å². The van der Waals surface area contributed by atoms with E-state index in [9.17, 15) is 9.90 Å². The molecule has 0 spiro atoms. The summed E-state index contributed by atoms with van der Waals surface area (Å²) in [6, 6.07) is 9.48. The van der Waals surface area contributed by atoms with E-state index >= 15 is 0 Å². The first-order valence-corrected chi connectivity index (χ1v) is 6.99. The fraction of sp³-hybridized carbons (Fsp3) is 0.0667. The molecule has 2 aromatic carbocycles. The van der Waals surface area contributed by atoms with Gasteiger partial charge in [-0.05, 0) is 36.4 Å². The highest BCUT2D eigenvalue weighted by molar-refractivity contribution is 9.10. The van der Waals surface area contributed by atoms with Crippen LogP contribution in [-0.2, 0) is 0 Å². The van der Waals surface area contributed by atoms with E-state index in [2.05, 4.69) is 26.5 Å². The second-order valence-corrected chi connectivity index (χ2v) is 5.21. The third-order valence-corrected chi connectivity index (χ3v) is 3.28.